The van der Waals surface area contributed by atoms with Gasteiger partial charge in [-0.1, -0.05) is 31.8 Å². The number of aromatic nitrogens is 2. The molecule has 7 heteroatoms. The van der Waals surface area contributed by atoms with Gasteiger partial charge < -0.3 is 15.2 Å². The van der Waals surface area contributed by atoms with Gasteiger partial charge in [-0.05, 0) is 12.8 Å². The summed E-state index contributed by atoms with van der Waals surface area (Å²) in [4.78, 5) is 29.5. The second kappa shape index (κ2) is 7.38. The van der Waals surface area contributed by atoms with Gasteiger partial charge in [0.05, 0.1) is 6.54 Å². The Morgan fingerprint density at radius 1 is 1.36 bits per heavy atom. The van der Waals surface area contributed by atoms with Crippen molar-refractivity contribution >= 4 is 11.8 Å². The van der Waals surface area contributed by atoms with Crippen molar-refractivity contribution in [3.05, 3.63) is 11.7 Å². The lowest BCUT2D eigenvalue weighted by molar-refractivity contribution is -0.137. The summed E-state index contributed by atoms with van der Waals surface area (Å²) in [6.45, 7) is 3.95. The number of aryl methyl sites for hydroxylation is 1. The van der Waals surface area contributed by atoms with Crippen LogP contribution in [-0.2, 0) is 16.0 Å². The fraction of sp³-hybridized carbons (Fsp3) is 0.733. The predicted molar refractivity (Wildman–Crippen MR) is 79.9 cm³/mol. The van der Waals surface area contributed by atoms with Crippen molar-refractivity contribution in [2.24, 2.45) is 5.73 Å². The minimum absolute atomic E-state index is 0.00935. The van der Waals surface area contributed by atoms with Crippen LogP contribution in [0.5, 0.6) is 0 Å². The molecule has 122 valence electrons. The zero-order valence-corrected chi connectivity index (χ0v) is 13.2. The SMILES string of the molecule is CC(C)c1noc(CCC(=O)N(CC(N)=O)C2CCCC2)n1. The van der Waals surface area contributed by atoms with E-state index in [9.17, 15) is 9.59 Å². The maximum absolute atomic E-state index is 12.4. The third-order valence-corrected chi connectivity index (χ3v) is 3.96. The minimum Gasteiger partial charge on any atom is -0.368 e. The van der Waals surface area contributed by atoms with E-state index in [4.69, 9.17) is 10.3 Å². The number of nitrogens with two attached hydrogens (primary N) is 1. The molecule has 2 amide bonds. The van der Waals surface area contributed by atoms with Crippen LogP contribution in [0.15, 0.2) is 4.52 Å². The monoisotopic (exact) mass is 308 g/mol. The number of hydrogen-bond donors (Lipinski definition) is 1. The lowest BCUT2D eigenvalue weighted by Crippen LogP contribution is -2.44. The molecule has 0 spiro atoms. The number of nitrogens with zero attached hydrogens (tertiary/aromatic N) is 3. The van der Waals surface area contributed by atoms with E-state index in [1.54, 1.807) is 4.90 Å². The van der Waals surface area contributed by atoms with Crippen LogP contribution in [0.3, 0.4) is 0 Å². The molecule has 0 saturated heterocycles. The van der Waals surface area contributed by atoms with E-state index >= 15 is 0 Å². The zero-order valence-electron chi connectivity index (χ0n) is 13.2. The lowest BCUT2D eigenvalue weighted by atomic mass is 10.1. The number of carbonyl (C=O) groups is 2. The van der Waals surface area contributed by atoms with Crippen molar-refractivity contribution < 1.29 is 14.1 Å². The van der Waals surface area contributed by atoms with E-state index in [1.807, 2.05) is 13.8 Å². The molecule has 1 saturated carbocycles. The third kappa shape index (κ3) is 4.29. The molecular formula is C15H24N4O3. The van der Waals surface area contributed by atoms with Crippen LogP contribution in [0.1, 0.15) is 63.6 Å². The highest BCUT2D eigenvalue weighted by Gasteiger charge is 2.27. The first-order valence-corrected chi connectivity index (χ1v) is 7.87. The molecule has 22 heavy (non-hydrogen) atoms. The summed E-state index contributed by atoms with van der Waals surface area (Å²) >= 11 is 0. The van der Waals surface area contributed by atoms with Gasteiger partial charge in [-0.25, -0.2) is 0 Å². The standard InChI is InChI=1S/C15H24N4O3/c1-10(2)15-17-13(22-18-15)7-8-14(21)19(9-12(16)20)11-5-3-4-6-11/h10-11H,3-9H2,1-2H3,(H2,16,20). The van der Waals surface area contributed by atoms with E-state index in [0.29, 0.717) is 18.1 Å². The third-order valence-electron chi connectivity index (χ3n) is 3.96. The number of carbonyl (C=O) groups excluding carboxylic acids is 2. The largest absolute Gasteiger partial charge is 0.368 e. The van der Waals surface area contributed by atoms with Crippen molar-refractivity contribution in [2.75, 3.05) is 6.54 Å². The highest BCUT2D eigenvalue weighted by molar-refractivity contribution is 5.84. The Morgan fingerprint density at radius 3 is 2.59 bits per heavy atom. The number of rotatable bonds is 7. The van der Waals surface area contributed by atoms with Crippen molar-refractivity contribution in [1.29, 1.82) is 0 Å². The van der Waals surface area contributed by atoms with Crippen LogP contribution in [0, 0.1) is 0 Å². The average Bonchev–Trinajstić information content (AvgIpc) is 3.12. The second-order valence-electron chi connectivity index (χ2n) is 6.13. The fourth-order valence-electron chi connectivity index (χ4n) is 2.77. The molecular weight excluding hydrogens is 284 g/mol. The van der Waals surface area contributed by atoms with Crippen LogP contribution in [-0.4, -0.2) is 39.4 Å². The highest BCUT2D eigenvalue weighted by Crippen LogP contribution is 2.24. The Hall–Kier alpha value is -1.92. The Balaban J connectivity index is 1.93. The molecule has 0 bridgehead atoms. The maximum atomic E-state index is 12.4. The Bertz CT molecular complexity index is 521. The molecule has 0 radical (unpaired) electrons. The Morgan fingerprint density at radius 2 is 2.05 bits per heavy atom. The summed E-state index contributed by atoms with van der Waals surface area (Å²) in [6.07, 6.45) is 4.71. The molecule has 2 rings (SSSR count). The van der Waals surface area contributed by atoms with Crippen molar-refractivity contribution in [1.82, 2.24) is 15.0 Å². The van der Waals surface area contributed by atoms with E-state index in [2.05, 4.69) is 10.1 Å². The van der Waals surface area contributed by atoms with Gasteiger partial charge in [-0.15, -0.1) is 0 Å². The van der Waals surface area contributed by atoms with Crippen LogP contribution in [0.2, 0.25) is 0 Å². The van der Waals surface area contributed by atoms with Gasteiger partial charge in [0.15, 0.2) is 5.82 Å². The molecule has 1 aliphatic carbocycles. The first-order chi connectivity index (χ1) is 10.5. The van der Waals surface area contributed by atoms with E-state index in [1.165, 1.54) is 0 Å². The lowest BCUT2D eigenvalue weighted by Gasteiger charge is -2.27. The topological polar surface area (TPSA) is 102 Å². The average molecular weight is 308 g/mol. The Labute approximate surface area is 130 Å². The predicted octanol–water partition coefficient (Wildman–Crippen LogP) is 1.38. The summed E-state index contributed by atoms with van der Waals surface area (Å²) in [5.41, 5.74) is 5.27. The van der Waals surface area contributed by atoms with Gasteiger partial charge in [-0.3, -0.25) is 9.59 Å². The molecule has 1 fully saturated rings. The smallest absolute Gasteiger partial charge is 0.237 e. The van der Waals surface area contributed by atoms with Crippen LogP contribution < -0.4 is 5.73 Å². The van der Waals surface area contributed by atoms with Crippen LogP contribution in [0.4, 0.5) is 0 Å². The maximum Gasteiger partial charge on any atom is 0.237 e. The molecule has 2 N–H and O–H groups in total. The van der Waals surface area contributed by atoms with Crippen molar-refractivity contribution in [2.45, 2.75) is 64.3 Å². The molecule has 0 atom stereocenters. The molecule has 1 aliphatic rings. The first kappa shape index (κ1) is 16.5. The summed E-state index contributed by atoms with van der Waals surface area (Å²) < 4.78 is 5.14. The molecule has 1 heterocycles. The second-order valence-corrected chi connectivity index (χ2v) is 6.13. The molecule has 0 unspecified atom stereocenters. The fourth-order valence-corrected chi connectivity index (χ4v) is 2.77. The Kier molecular flexibility index (Phi) is 5.51. The van der Waals surface area contributed by atoms with Crippen LogP contribution >= 0.6 is 0 Å². The normalized spacial score (nSPS) is 15.4. The molecule has 0 aliphatic heterocycles. The molecule has 1 aromatic rings. The van der Waals surface area contributed by atoms with E-state index in [0.717, 1.165) is 25.7 Å². The van der Waals surface area contributed by atoms with Gasteiger partial charge in [0.2, 0.25) is 17.7 Å². The summed E-state index contributed by atoms with van der Waals surface area (Å²) in [5, 5.41) is 3.88. The van der Waals surface area contributed by atoms with Gasteiger partial charge >= 0.3 is 0 Å². The van der Waals surface area contributed by atoms with Crippen LogP contribution in [0.25, 0.3) is 0 Å². The molecule has 7 nitrogen and oxygen atoms in total. The van der Waals surface area contributed by atoms with Gasteiger partial charge in [0, 0.05) is 24.8 Å². The molecule has 1 aromatic heterocycles. The first-order valence-electron chi connectivity index (χ1n) is 7.87. The minimum atomic E-state index is -0.472. The zero-order chi connectivity index (χ0) is 16.1. The summed E-state index contributed by atoms with van der Waals surface area (Å²) in [5.74, 6) is 0.753. The summed E-state index contributed by atoms with van der Waals surface area (Å²) in [6, 6.07) is 0.133. The van der Waals surface area contributed by atoms with Gasteiger partial charge in [0.1, 0.15) is 0 Å². The van der Waals surface area contributed by atoms with Crippen molar-refractivity contribution in [3.8, 4) is 0 Å². The number of amides is 2. The highest BCUT2D eigenvalue weighted by atomic mass is 16.5. The summed E-state index contributed by atoms with van der Waals surface area (Å²) in [7, 11) is 0. The van der Waals surface area contributed by atoms with Gasteiger partial charge in [0.25, 0.3) is 0 Å². The number of primary amides is 1. The van der Waals surface area contributed by atoms with Crippen molar-refractivity contribution in [3.63, 3.8) is 0 Å². The van der Waals surface area contributed by atoms with E-state index < -0.39 is 5.91 Å². The molecule has 0 aromatic carbocycles. The van der Waals surface area contributed by atoms with E-state index in [-0.39, 0.29) is 30.8 Å². The van der Waals surface area contributed by atoms with Gasteiger partial charge in [-0.2, -0.15) is 4.98 Å². The number of hydrogen-bond acceptors (Lipinski definition) is 5. The quantitative estimate of drug-likeness (QED) is 0.819.